The molecular formula is C17H26N2O3S. The average Bonchev–Trinajstić information content (AvgIpc) is 2.99. The van der Waals surface area contributed by atoms with Crippen LogP contribution in [0.1, 0.15) is 56.3 Å². The molecule has 0 aliphatic heterocycles. The first-order valence-electron chi connectivity index (χ1n) is 8.29. The number of benzene rings is 1. The van der Waals surface area contributed by atoms with Crippen molar-refractivity contribution in [3.8, 4) is 0 Å². The van der Waals surface area contributed by atoms with Crippen molar-refractivity contribution >= 4 is 15.9 Å². The van der Waals surface area contributed by atoms with Gasteiger partial charge in [0.05, 0.1) is 4.90 Å². The zero-order valence-electron chi connectivity index (χ0n) is 13.8. The fourth-order valence-electron chi connectivity index (χ4n) is 2.69. The van der Waals surface area contributed by atoms with E-state index in [0.717, 1.165) is 32.1 Å². The minimum Gasteiger partial charge on any atom is -0.352 e. The smallest absolute Gasteiger partial charge is 0.251 e. The molecule has 0 atom stereocenters. The number of sulfonamides is 1. The number of hydrogen-bond acceptors (Lipinski definition) is 3. The summed E-state index contributed by atoms with van der Waals surface area (Å²) in [6.07, 6.45) is 4.86. The molecule has 23 heavy (non-hydrogen) atoms. The second-order valence-corrected chi connectivity index (χ2v) is 8.28. The van der Waals surface area contributed by atoms with Crippen LogP contribution in [0.2, 0.25) is 0 Å². The van der Waals surface area contributed by atoms with Gasteiger partial charge >= 0.3 is 0 Å². The molecule has 1 amide bonds. The molecule has 2 N–H and O–H groups in total. The Balaban J connectivity index is 1.96. The number of carbonyl (C=O) groups excluding carboxylic acids is 1. The molecule has 1 fully saturated rings. The number of nitrogens with one attached hydrogen (secondary N) is 2. The molecule has 1 aromatic carbocycles. The van der Waals surface area contributed by atoms with Gasteiger partial charge in [0, 0.05) is 18.2 Å². The van der Waals surface area contributed by atoms with Gasteiger partial charge in [-0.1, -0.05) is 26.7 Å². The van der Waals surface area contributed by atoms with Crippen molar-refractivity contribution in [3.05, 3.63) is 29.8 Å². The number of rotatable bonds is 7. The highest BCUT2D eigenvalue weighted by atomic mass is 32.2. The van der Waals surface area contributed by atoms with E-state index in [1.165, 1.54) is 12.1 Å². The third-order valence-corrected chi connectivity index (χ3v) is 5.65. The highest BCUT2D eigenvalue weighted by molar-refractivity contribution is 7.89. The van der Waals surface area contributed by atoms with Gasteiger partial charge in [-0.05, 0) is 49.4 Å². The van der Waals surface area contributed by atoms with Crippen LogP contribution in [0.4, 0.5) is 0 Å². The van der Waals surface area contributed by atoms with Gasteiger partial charge in [0.1, 0.15) is 0 Å². The Morgan fingerprint density at radius 1 is 1.17 bits per heavy atom. The zero-order valence-corrected chi connectivity index (χ0v) is 14.7. The van der Waals surface area contributed by atoms with E-state index in [1.807, 2.05) is 0 Å². The van der Waals surface area contributed by atoms with Crippen LogP contribution in [0.25, 0.3) is 0 Å². The molecule has 0 bridgehead atoms. The highest BCUT2D eigenvalue weighted by Gasteiger charge is 2.22. The van der Waals surface area contributed by atoms with Crippen molar-refractivity contribution < 1.29 is 13.2 Å². The monoisotopic (exact) mass is 338 g/mol. The maximum absolute atomic E-state index is 12.3. The summed E-state index contributed by atoms with van der Waals surface area (Å²) < 4.78 is 27.3. The normalized spacial score (nSPS) is 16.0. The lowest BCUT2D eigenvalue weighted by Gasteiger charge is -2.13. The third-order valence-electron chi connectivity index (χ3n) is 4.11. The number of hydrogen-bond donors (Lipinski definition) is 2. The molecule has 0 aromatic heterocycles. The highest BCUT2D eigenvalue weighted by Crippen LogP contribution is 2.20. The van der Waals surface area contributed by atoms with Gasteiger partial charge < -0.3 is 5.32 Å². The van der Waals surface area contributed by atoms with Crippen molar-refractivity contribution in [2.45, 2.75) is 56.9 Å². The first-order chi connectivity index (χ1) is 10.9. The summed E-state index contributed by atoms with van der Waals surface area (Å²) in [5, 5.41) is 2.84. The van der Waals surface area contributed by atoms with Crippen LogP contribution in [-0.2, 0) is 10.0 Å². The Morgan fingerprint density at radius 3 is 2.35 bits per heavy atom. The maximum atomic E-state index is 12.3. The lowest BCUT2D eigenvalue weighted by atomic mass is 10.1. The van der Waals surface area contributed by atoms with Crippen LogP contribution in [0.5, 0.6) is 0 Å². The Kier molecular flexibility index (Phi) is 6.18. The molecule has 6 heteroatoms. The van der Waals surface area contributed by atoms with E-state index in [-0.39, 0.29) is 16.8 Å². The van der Waals surface area contributed by atoms with Gasteiger partial charge in [0.15, 0.2) is 0 Å². The van der Waals surface area contributed by atoms with Crippen LogP contribution >= 0.6 is 0 Å². The van der Waals surface area contributed by atoms with E-state index in [0.29, 0.717) is 18.0 Å². The van der Waals surface area contributed by atoms with Gasteiger partial charge in [0.2, 0.25) is 10.0 Å². The third kappa shape index (κ3) is 5.32. The molecule has 0 saturated heterocycles. The van der Waals surface area contributed by atoms with Crippen molar-refractivity contribution in [2.24, 2.45) is 5.92 Å². The molecule has 1 saturated carbocycles. The van der Waals surface area contributed by atoms with Crippen LogP contribution in [-0.4, -0.2) is 26.9 Å². The molecule has 0 unspecified atom stereocenters. The fraction of sp³-hybridized carbons (Fsp3) is 0.588. The van der Waals surface area contributed by atoms with Gasteiger partial charge in [0.25, 0.3) is 5.91 Å². The SMILES string of the molecule is CC(C)CCNC(=O)c1ccc(S(=O)(=O)NC2CCCC2)cc1. The minimum absolute atomic E-state index is 0.0407. The predicted octanol–water partition coefficient (Wildman–Crippen LogP) is 2.68. The lowest BCUT2D eigenvalue weighted by molar-refractivity contribution is 0.0952. The largest absolute Gasteiger partial charge is 0.352 e. The minimum atomic E-state index is -3.50. The Hall–Kier alpha value is -1.40. The van der Waals surface area contributed by atoms with E-state index in [4.69, 9.17) is 0 Å². The molecule has 1 aromatic rings. The number of carbonyl (C=O) groups is 1. The molecule has 0 radical (unpaired) electrons. The Labute approximate surface area is 138 Å². The average molecular weight is 338 g/mol. The topological polar surface area (TPSA) is 75.3 Å². The summed E-state index contributed by atoms with van der Waals surface area (Å²) in [6.45, 7) is 4.83. The first kappa shape index (κ1) is 17.9. The van der Waals surface area contributed by atoms with Crippen molar-refractivity contribution in [1.82, 2.24) is 10.0 Å². The predicted molar refractivity (Wildman–Crippen MR) is 90.8 cm³/mol. The second kappa shape index (κ2) is 7.93. The van der Waals surface area contributed by atoms with E-state index < -0.39 is 10.0 Å². The summed E-state index contributed by atoms with van der Waals surface area (Å²) in [5.74, 6) is 0.364. The standard InChI is InChI=1S/C17H26N2O3S/c1-13(2)11-12-18-17(20)14-7-9-16(10-8-14)23(21,22)19-15-5-3-4-6-15/h7-10,13,15,19H,3-6,11-12H2,1-2H3,(H,18,20). The van der Waals surface area contributed by atoms with E-state index in [9.17, 15) is 13.2 Å². The molecule has 2 rings (SSSR count). The second-order valence-electron chi connectivity index (χ2n) is 6.57. The summed E-state index contributed by atoms with van der Waals surface area (Å²) in [5.41, 5.74) is 0.480. The summed E-state index contributed by atoms with van der Waals surface area (Å²) in [6, 6.07) is 6.16. The molecule has 5 nitrogen and oxygen atoms in total. The van der Waals surface area contributed by atoms with Gasteiger partial charge in [-0.3, -0.25) is 4.79 Å². The van der Waals surface area contributed by atoms with E-state index >= 15 is 0 Å². The molecular weight excluding hydrogens is 312 g/mol. The molecule has 1 aliphatic carbocycles. The molecule has 0 spiro atoms. The van der Waals surface area contributed by atoms with Crippen molar-refractivity contribution in [1.29, 1.82) is 0 Å². The van der Waals surface area contributed by atoms with E-state index in [2.05, 4.69) is 23.9 Å². The van der Waals surface area contributed by atoms with Gasteiger partial charge in [-0.25, -0.2) is 13.1 Å². The van der Waals surface area contributed by atoms with Crippen molar-refractivity contribution in [3.63, 3.8) is 0 Å². The zero-order chi connectivity index (χ0) is 16.9. The van der Waals surface area contributed by atoms with Crippen LogP contribution in [0, 0.1) is 5.92 Å². The lowest BCUT2D eigenvalue weighted by Crippen LogP contribution is -2.32. The van der Waals surface area contributed by atoms with Gasteiger partial charge in [-0.2, -0.15) is 0 Å². The van der Waals surface area contributed by atoms with E-state index in [1.54, 1.807) is 12.1 Å². The Bertz CT molecular complexity index is 618. The molecule has 128 valence electrons. The van der Waals surface area contributed by atoms with Crippen molar-refractivity contribution in [2.75, 3.05) is 6.54 Å². The van der Waals surface area contributed by atoms with Gasteiger partial charge in [-0.15, -0.1) is 0 Å². The summed E-state index contributed by atoms with van der Waals surface area (Å²) in [7, 11) is -3.50. The van der Waals surface area contributed by atoms with Crippen LogP contribution < -0.4 is 10.0 Å². The van der Waals surface area contributed by atoms with Crippen LogP contribution in [0.3, 0.4) is 0 Å². The number of amides is 1. The summed E-state index contributed by atoms with van der Waals surface area (Å²) >= 11 is 0. The maximum Gasteiger partial charge on any atom is 0.251 e. The summed E-state index contributed by atoms with van der Waals surface area (Å²) in [4.78, 5) is 12.2. The van der Waals surface area contributed by atoms with Crippen LogP contribution in [0.15, 0.2) is 29.2 Å². The fourth-order valence-corrected chi connectivity index (χ4v) is 4.00. The molecule has 0 heterocycles. The molecule has 1 aliphatic rings. The Morgan fingerprint density at radius 2 is 1.78 bits per heavy atom. The quantitative estimate of drug-likeness (QED) is 0.802. The first-order valence-corrected chi connectivity index (χ1v) is 9.77.